The van der Waals surface area contributed by atoms with E-state index in [-0.39, 0.29) is 87.2 Å². The van der Waals surface area contributed by atoms with Crippen LogP contribution in [0, 0.1) is 51.0 Å². The van der Waals surface area contributed by atoms with E-state index in [0.29, 0.717) is 72.1 Å². The van der Waals surface area contributed by atoms with E-state index >= 15 is 8.78 Å². The first-order chi connectivity index (χ1) is 40.1. The van der Waals surface area contributed by atoms with E-state index in [2.05, 4.69) is 48.3 Å². The van der Waals surface area contributed by atoms with Crippen molar-refractivity contribution in [3.8, 4) is 0 Å². The normalized spacial score (nSPS) is 30.8. The Labute approximate surface area is 513 Å². The quantitative estimate of drug-likeness (QED) is 0.0900. The third kappa shape index (κ3) is 11.0. The number of benzene rings is 2. The highest BCUT2D eigenvalue weighted by molar-refractivity contribution is 6.32. The second kappa shape index (κ2) is 23.6. The smallest absolute Gasteiger partial charge is 0.307 e. The third-order valence-electron chi connectivity index (χ3n) is 20.7. The number of carboxylic acids is 1. The number of nitrogens with two attached hydrogens (primary N) is 3. The van der Waals surface area contributed by atoms with Gasteiger partial charge in [-0.05, 0) is 176 Å². The Kier molecular flexibility index (Phi) is 17.4. The van der Waals surface area contributed by atoms with E-state index in [1.165, 1.54) is 18.5 Å². The van der Waals surface area contributed by atoms with Crippen LogP contribution in [-0.4, -0.2) is 81.9 Å². The molecule has 85 heavy (non-hydrogen) atoms. The van der Waals surface area contributed by atoms with E-state index in [1.807, 2.05) is 6.07 Å². The molecule has 2 saturated heterocycles. The van der Waals surface area contributed by atoms with Crippen LogP contribution < -0.4 is 27.8 Å². The Morgan fingerprint density at radius 1 is 0.624 bits per heavy atom. The zero-order chi connectivity index (χ0) is 61.3. The second-order valence-corrected chi connectivity index (χ2v) is 28.2. The van der Waals surface area contributed by atoms with Crippen molar-refractivity contribution in [3.05, 3.63) is 115 Å². The number of fused-ring (bicyclic) bond motifs is 6. The highest BCUT2D eigenvalue weighted by atomic mass is 35.5. The van der Waals surface area contributed by atoms with Gasteiger partial charge in [-0.15, -0.1) is 0 Å². The average molecular weight is 1250 g/mol. The summed E-state index contributed by atoms with van der Waals surface area (Å²) in [7, 11) is 0. The molecule has 9 N–H and O–H groups in total. The number of nitrogens with one attached hydrogen (secondary N) is 2. The van der Waals surface area contributed by atoms with Crippen molar-refractivity contribution in [1.82, 2.24) is 9.97 Å². The summed E-state index contributed by atoms with van der Waals surface area (Å²) >= 11 is 24.9. The number of carboxylic acid groups (broad SMARTS) is 1. The minimum absolute atomic E-state index is 0.0326. The molecule has 16 nitrogen and oxygen atoms in total. The fourth-order valence-electron chi connectivity index (χ4n) is 16.4. The summed E-state index contributed by atoms with van der Waals surface area (Å²) in [5, 5.41) is 16.7. The molecule has 10 atom stereocenters. The van der Waals surface area contributed by atoms with Gasteiger partial charge >= 0.3 is 5.97 Å². The molecule has 22 heteroatoms. The van der Waals surface area contributed by atoms with Crippen LogP contribution in [0.1, 0.15) is 158 Å². The minimum atomic E-state index is -1.25. The van der Waals surface area contributed by atoms with Gasteiger partial charge in [0.05, 0.1) is 30.0 Å². The van der Waals surface area contributed by atoms with Gasteiger partial charge in [0, 0.05) is 64.0 Å². The number of ether oxygens (including phenoxy) is 2. The van der Waals surface area contributed by atoms with Gasteiger partial charge in [-0.3, -0.25) is 28.8 Å². The van der Waals surface area contributed by atoms with E-state index in [4.69, 9.17) is 73.1 Å². The van der Waals surface area contributed by atoms with Gasteiger partial charge in [0.1, 0.15) is 18.0 Å². The molecule has 6 heterocycles. The SMILES string of the molecule is CC1(C)CCC2(CC1)C[C@@H](C(=O)C[C@@H]1CC[C@@H](C(N)=O)OC1)[C@H](c1ccnc(Cl)c1F)[C@]21C(=O)Nc2cc(Cl)ccc21.CC1(C)CCC2(CC1)C[C@@H](C(=O)O)[C@H](c1ccnc(Cl)c1F)C21C(=O)Nc2cc(Cl)ccc21.NC(=O)[C@@H]1CC[C@@H](N)CO1. The van der Waals surface area contributed by atoms with Crippen LogP contribution in [0.25, 0.3) is 0 Å². The maximum atomic E-state index is 16.0. The third-order valence-corrected chi connectivity index (χ3v) is 21.7. The summed E-state index contributed by atoms with van der Waals surface area (Å²) in [6, 6.07) is 13.7. The summed E-state index contributed by atoms with van der Waals surface area (Å²) < 4.78 is 42.2. The second-order valence-electron chi connectivity index (χ2n) is 26.6. The molecule has 4 aromatic rings. The number of pyridine rings is 2. The van der Waals surface area contributed by atoms with Crippen LogP contribution in [-0.2, 0) is 49.1 Å². The molecule has 2 aromatic carbocycles. The van der Waals surface area contributed by atoms with Crippen molar-refractivity contribution in [1.29, 1.82) is 0 Å². The van der Waals surface area contributed by atoms with Crippen molar-refractivity contribution in [2.45, 2.75) is 165 Å². The van der Waals surface area contributed by atoms with Gasteiger partial charge in [0.2, 0.25) is 23.6 Å². The Hall–Kier alpha value is -5.34. The first kappa shape index (κ1) is 62.7. The molecule has 4 amide bonds. The molecule has 12 rings (SSSR count). The largest absolute Gasteiger partial charge is 0.481 e. The number of amides is 4. The number of carbonyl (C=O) groups excluding carboxylic acids is 5. The predicted molar refractivity (Wildman–Crippen MR) is 318 cm³/mol. The van der Waals surface area contributed by atoms with E-state index < -0.39 is 81.1 Å². The monoisotopic (exact) mass is 1250 g/mol. The van der Waals surface area contributed by atoms with Crippen LogP contribution in [0.15, 0.2) is 60.9 Å². The number of nitrogens with zero attached hydrogens (tertiary/aromatic N) is 2. The number of aromatic nitrogens is 2. The van der Waals surface area contributed by atoms with Crippen LogP contribution in [0.5, 0.6) is 0 Å². The molecular formula is C63H73Cl4F2N7O9. The maximum Gasteiger partial charge on any atom is 0.307 e. The first-order valence-electron chi connectivity index (χ1n) is 29.3. The Morgan fingerprint density at radius 3 is 1.45 bits per heavy atom. The Bertz CT molecular complexity index is 3320. The number of ketones is 1. The molecule has 0 bridgehead atoms. The van der Waals surface area contributed by atoms with Gasteiger partial charge in [0.15, 0.2) is 21.9 Å². The lowest BCUT2D eigenvalue weighted by Gasteiger charge is -2.51. The maximum absolute atomic E-state index is 16.0. The number of Topliss-reactive ketones (excluding diaryl/α,β-unsaturated/α-hetero) is 1. The molecule has 1 unspecified atom stereocenters. The van der Waals surface area contributed by atoms with E-state index in [0.717, 1.165) is 50.5 Å². The predicted octanol–water partition coefficient (Wildman–Crippen LogP) is 11.5. The van der Waals surface area contributed by atoms with Crippen LogP contribution in [0.2, 0.25) is 20.4 Å². The summed E-state index contributed by atoms with van der Waals surface area (Å²) in [6.45, 7) is 9.55. The molecule has 2 aromatic heterocycles. The fourth-order valence-corrected chi connectivity index (χ4v) is 17.0. The topological polar surface area (TPSA) is 269 Å². The number of aliphatic carboxylic acids is 1. The lowest BCUT2D eigenvalue weighted by Crippen LogP contribution is -2.52. The number of primary amides is 2. The van der Waals surface area contributed by atoms with Crippen molar-refractivity contribution >= 4 is 93.2 Å². The highest BCUT2D eigenvalue weighted by Gasteiger charge is 2.74. The summed E-state index contributed by atoms with van der Waals surface area (Å²) in [6.07, 6.45) is 11.6. The van der Waals surface area contributed by atoms with E-state index in [9.17, 15) is 33.9 Å². The zero-order valence-corrected chi connectivity index (χ0v) is 51.0. The first-order valence-corrected chi connectivity index (χ1v) is 30.8. The van der Waals surface area contributed by atoms with Crippen molar-refractivity contribution in [2.75, 3.05) is 23.8 Å². The van der Waals surface area contributed by atoms with Crippen molar-refractivity contribution in [3.63, 3.8) is 0 Å². The molecule has 4 saturated carbocycles. The van der Waals surface area contributed by atoms with Gasteiger partial charge in [-0.1, -0.05) is 86.2 Å². The molecule has 4 aliphatic carbocycles. The highest BCUT2D eigenvalue weighted by Crippen LogP contribution is 2.74. The van der Waals surface area contributed by atoms with Crippen LogP contribution in [0.3, 0.4) is 0 Å². The fraction of sp³-hybridized carbons (Fsp3) is 0.556. The molecular weight excluding hydrogens is 1180 g/mol. The molecule has 0 radical (unpaired) electrons. The van der Waals surface area contributed by atoms with Crippen molar-refractivity contribution in [2.24, 2.45) is 56.6 Å². The standard InChI is InChI=1S/C32H36Cl2FN3O4.C25H25Cl2FN2O3.C6H12N2O2/c1-30(2)8-10-31(11-9-30)15-20(23(39)13-17-3-6-24(28(36)40)42-16-17)25(19-7-12-37-27(34)26(19)35)32(31)21-5-4-18(33)14-22(21)38-29(32)41;1-23(2)6-8-24(9-7-23)12-15(21(31)32)18(14-5-10-29-20(27)19(14)28)25(24)16-4-3-13(26)11-17(16)30-22(25)33;7-4-1-2-5(6(8)9)10-3-4/h4-5,7,12,14,17,20,24-25H,3,6,8-11,13,15-16H2,1-2H3,(H2,36,40)(H,38,41);3-5,10-11,15,18H,6-9,12H2,1-2H3,(H,30,33)(H,31,32);4-5H,1-3,7H2,(H2,8,9)/t17-,20-,24-,25-,32+;15-,18+,25?;4-,5+/m011/s1. The number of hydrogen-bond acceptors (Lipinski definition) is 11. The lowest BCUT2D eigenvalue weighted by atomic mass is 9.51. The number of anilines is 2. The molecule has 8 aliphatic rings. The average Bonchev–Trinajstić information content (AvgIpc) is 1.54. The van der Waals surface area contributed by atoms with Crippen LogP contribution in [0.4, 0.5) is 20.2 Å². The lowest BCUT2D eigenvalue weighted by molar-refractivity contribution is -0.142. The number of halogens is 6. The number of hydrogen-bond donors (Lipinski definition) is 6. The summed E-state index contributed by atoms with van der Waals surface area (Å²) in [4.78, 5) is 85.5. The number of carbonyl (C=O) groups is 6. The van der Waals surface area contributed by atoms with Crippen LogP contribution >= 0.6 is 46.4 Å². The zero-order valence-electron chi connectivity index (χ0n) is 48.0. The van der Waals surface area contributed by atoms with Gasteiger partial charge in [0.25, 0.3) is 0 Å². The summed E-state index contributed by atoms with van der Waals surface area (Å²) in [5.74, 6) is -7.35. The number of rotatable bonds is 8. The molecule has 4 spiro atoms. The molecule has 6 fully saturated rings. The Balaban J connectivity index is 0.000000166. The van der Waals surface area contributed by atoms with Gasteiger partial charge in [-0.2, -0.15) is 0 Å². The van der Waals surface area contributed by atoms with Gasteiger partial charge in [-0.25, -0.2) is 18.7 Å². The van der Waals surface area contributed by atoms with Crippen molar-refractivity contribution < 1.29 is 52.1 Å². The molecule has 4 aliphatic heterocycles. The van der Waals surface area contributed by atoms with E-state index in [1.54, 1.807) is 36.4 Å². The van der Waals surface area contributed by atoms with Gasteiger partial charge < -0.3 is 42.4 Å². The minimum Gasteiger partial charge on any atom is -0.481 e. The summed E-state index contributed by atoms with van der Waals surface area (Å²) in [5.41, 5.74) is 15.4. The Morgan fingerprint density at radius 2 is 1.05 bits per heavy atom. The molecule has 456 valence electrons.